The Hall–Kier alpha value is -2.63. The summed E-state index contributed by atoms with van der Waals surface area (Å²) in [7, 11) is 0. The van der Waals surface area contributed by atoms with Gasteiger partial charge in [-0.3, -0.25) is 9.36 Å². The molecule has 0 saturated heterocycles. The number of aromatic nitrogens is 2. The molecule has 0 unspecified atom stereocenters. The molecule has 1 amide bonds. The molecule has 0 radical (unpaired) electrons. The summed E-state index contributed by atoms with van der Waals surface area (Å²) in [5.74, 6) is 0.643. The molecule has 1 atom stereocenters. The van der Waals surface area contributed by atoms with Crippen LogP contribution < -0.4 is 15.7 Å². The van der Waals surface area contributed by atoms with Gasteiger partial charge in [-0.1, -0.05) is 18.2 Å². The van der Waals surface area contributed by atoms with E-state index >= 15 is 0 Å². The summed E-state index contributed by atoms with van der Waals surface area (Å²) in [5.41, 5.74) is 0.720. The average Bonchev–Trinajstić information content (AvgIpc) is 2.90. The molecule has 108 valence electrons. The van der Waals surface area contributed by atoms with E-state index in [-0.39, 0.29) is 18.6 Å². The highest BCUT2D eigenvalue weighted by Crippen LogP contribution is 2.27. The zero-order valence-electron chi connectivity index (χ0n) is 11.4. The summed E-state index contributed by atoms with van der Waals surface area (Å²) in [5, 5.41) is 2.78. The zero-order valence-corrected chi connectivity index (χ0v) is 11.4. The second-order valence-corrected chi connectivity index (χ2v) is 4.89. The van der Waals surface area contributed by atoms with Crippen LogP contribution in [0.1, 0.15) is 5.56 Å². The van der Waals surface area contributed by atoms with E-state index in [1.54, 1.807) is 6.07 Å². The molecule has 0 fully saturated rings. The van der Waals surface area contributed by atoms with Gasteiger partial charge in [-0.2, -0.15) is 0 Å². The third-order valence-electron chi connectivity index (χ3n) is 3.34. The van der Waals surface area contributed by atoms with Gasteiger partial charge in [-0.15, -0.1) is 0 Å². The van der Waals surface area contributed by atoms with Crippen LogP contribution >= 0.6 is 0 Å². The zero-order chi connectivity index (χ0) is 14.7. The van der Waals surface area contributed by atoms with Crippen LogP contribution in [0.15, 0.2) is 47.5 Å². The molecule has 6 nitrogen and oxygen atoms in total. The molecular formula is C15H15N3O3. The highest BCUT2D eigenvalue weighted by molar-refractivity contribution is 5.75. The Morgan fingerprint density at radius 3 is 3.05 bits per heavy atom. The van der Waals surface area contributed by atoms with Crippen molar-refractivity contribution in [3.8, 4) is 5.75 Å². The van der Waals surface area contributed by atoms with Crippen LogP contribution in [0.3, 0.4) is 0 Å². The van der Waals surface area contributed by atoms with Gasteiger partial charge in [-0.05, 0) is 17.7 Å². The van der Waals surface area contributed by atoms with Gasteiger partial charge in [0.15, 0.2) is 0 Å². The van der Waals surface area contributed by atoms with Crippen molar-refractivity contribution in [2.24, 2.45) is 0 Å². The number of nitrogens with zero attached hydrogens (tertiary/aromatic N) is 2. The van der Waals surface area contributed by atoms with Crippen LogP contribution in [-0.2, 0) is 17.8 Å². The van der Waals surface area contributed by atoms with Crippen molar-refractivity contribution in [1.29, 1.82) is 0 Å². The number of nitrogens with one attached hydrogen (secondary N) is 1. The van der Waals surface area contributed by atoms with Gasteiger partial charge in [0.25, 0.3) is 0 Å². The number of hydrogen-bond acceptors (Lipinski definition) is 4. The van der Waals surface area contributed by atoms with Crippen LogP contribution in [0.2, 0.25) is 0 Å². The first-order valence-electron chi connectivity index (χ1n) is 6.75. The van der Waals surface area contributed by atoms with E-state index < -0.39 is 5.69 Å². The highest BCUT2D eigenvalue weighted by atomic mass is 16.5. The fourth-order valence-electron chi connectivity index (χ4n) is 2.31. The number of carbonyl (C=O) groups is 1. The number of amides is 1. The van der Waals surface area contributed by atoms with Crippen molar-refractivity contribution in [1.82, 2.24) is 14.9 Å². The quantitative estimate of drug-likeness (QED) is 0.880. The Morgan fingerprint density at radius 2 is 2.24 bits per heavy atom. The van der Waals surface area contributed by atoms with E-state index in [2.05, 4.69) is 10.3 Å². The number of rotatable bonds is 4. The molecule has 1 aliphatic rings. The maximum atomic E-state index is 11.8. The van der Waals surface area contributed by atoms with Gasteiger partial charge in [0.05, 0.1) is 6.54 Å². The van der Waals surface area contributed by atoms with Crippen LogP contribution in [0.4, 0.5) is 0 Å². The molecule has 3 rings (SSSR count). The maximum Gasteiger partial charge on any atom is 0.347 e. The van der Waals surface area contributed by atoms with Gasteiger partial charge in [0.1, 0.15) is 18.4 Å². The Bertz CT molecular complexity index is 686. The van der Waals surface area contributed by atoms with Gasteiger partial charge < -0.3 is 10.1 Å². The number of benzene rings is 1. The Morgan fingerprint density at radius 1 is 1.38 bits per heavy atom. The Balaban J connectivity index is 1.52. The molecule has 21 heavy (non-hydrogen) atoms. The number of para-hydroxylation sites is 1. The second kappa shape index (κ2) is 5.78. The molecule has 2 aromatic rings. The predicted octanol–water partition coefficient (Wildman–Crippen LogP) is 0.363. The molecule has 1 aromatic carbocycles. The fraction of sp³-hybridized carbons (Fsp3) is 0.267. The largest absolute Gasteiger partial charge is 0.488 e. The molecule has 0 spiro atoms. The Labute approximate surface area is 121 Å². The summed E-state index contributed by atoms with van der Waals surface area (Å²) >= 11 is 0. The van der Waals surface area contributed by atoms with E-state index in [9.17, 15) is 9.59 Å². The standard InChI is InChI=1S/C15H15N3O3/c19-14(10-18-7-3-6-16-15(18)20)17-9-12-8-11-4-1-2-5-13(11)21-12/h1-7,12H,8-10H2,(H,17,19)/t12-/m1/s1. The van der Waals surface area contributed by atoms with Crippen molar-refractivity contribution < 1.29 is 9.53 Å². The fourth-order valence-corrected chi connectivity index (χ4v) is 2.31. The van der Waals surface area contributed by atoms with Crippen LogP contribution in [0.25, 0.3) is 0 Å². The minimum absolute atomic E-state index is 0.0354. The first-order chi connectivity index (χ1) is 10.2. The highest BCUT2D eigenvalue weighted by Gasteiger charge is 2.22. The minimum atomic E-state index is -0.433. The molecule has 1 aliphatic heterocycles. The molecule has 6 heteroatoms. The van der Waals surface area contributed by atoms with Crippen molar-refractivity contribution in [2.45, 2.75) is 19.1 Å². The smallest absolute Gasteiger partial charge is 0.347 e. The van der Waals surface area contributed by atoms with Crippen molar-refractivity contribution in [3.05, 3.63) is 58.8 Å². The summed E-state index contributed by atoms with van der Waals surface area (Å²) in [4.78, 5) is 26.9. The Kier molecular flexibility index (Phi) is 3.68. The van der Waals surface area contributed by atoms with Crippen molar-refractivity contribution in [3.63, 3.8) is 0 Å². The summed E-state index contributed by atoms with van der Waals surface area (Å²) in [6.07, 6.45) is 3.66. The number of hydrogen-bond donors (Lipinski definition) is 1. The lowest BCUT2D eigenvalue weighted by atomic mass is 10.1. The van der Waals surface area contributed by atoms with E-state index in [1.807, 2.05) is 24.3 Å². The molecular weight excluding hydrogens is 270 g/mol. The van der Waals surface area contributed by atoms with E-state index in [4.69, 9.17) is 4.74 Å². The van der Waals surface area contributed by atoms with E-state index in [0.29, 0.717) is 6.54 Å². The third kappa shape index (κ3) is 3.10. The summed E-state index contributed by atoms with van der Waals surface area (Å²) in [6.45, 7) is 0.384. The molecule has 0 aliphatic carbocycles. The predicted molar refractivity (Wildman–Crippen MR) is 76.1 cm³/mol. The van der Waals surface area contributed by atoms with Crippen LogP contribution in [0, 0.1) is 0 Å². The normalized spacial score (nSPS) is 16.1. The third-order valence-corrected chi connectivity index (χ3v) is 3.34. The summed E-state index contributed by atoms with van der Waals surface area (Å²) < 4.78 is 7.00. The van der Waals surface area contributed by atoms with Gasteiger partial charge >= 0.3 is 5.69 Å². The number of fused-ring (bicyclic) bond motifs is 1. The molecule has 1 aromatic heterocycles. The minimum Gasteiger partial charge on any atom is -0.488 e. The number of carbonyl (C=O) groups excluding carboxylic acids is 1. The maximum absolute atomic E-state index is 11.8. The monoisotopic (exact) mass is 285 g/mol. The topological polar surface area (TPSA) is 73.2 Å². The molecule has 0 bridgehead atoms. The van der Waals surface area contributed by atoms with E-state index in [0.717, 1.165) is 17.7 Å². The SMILES string of the molecule is O=C(Cn1cccnc1=O)NC[C@H]1Cc2ccccc2O1. The average molecular weight is 285 g/mol. The lowest BCUT2D eigenvalue weighted by Gasteiger charge is -2.12. The van der Waals surface area contributed by atoms with Gasteiger partial charge in [0.2, 0.25) is 5.91 Å². The lowest BCUT2D eigenvalue weighted by Crippen LogP contribution is -2.38. The van der Waals surface area contributed by atoms with Crippen LogP contribution in [0.5, 0.6) is 5.75 Å². The molecule has 1 N–H and O–H groups in total. The second-order valence-electron chi connectivity index (χ2n) is 4.89. The first-order valence-corrected chi connectivity index (χ1v) is 6.75. The van der Waals surface area contributed by atoms with Crippen LogP contribution in [-0.4, -0.2) is 28.1 Å². The van der Waals surface area contributed by atoms with Gasteiger partial charge in [0, 0.05) is 18.8 Å². The van der Waals surface area contributed by atoms with E-state index in [1.165, 1.54) is 17.0 Å². The first kappa shape index (κ1) is 13.4. The van der Waals surface area contributed by atoms with Crippen molar-refractivity contribution >= 4 is 5.91 Å². The number of ether oxygens (including phenoxy) is 1. The van der Waals surface area contributed by atoms with Crippen molar-refractivity contribution in [2.75, 3.05) is 6.54 Å². The molecule has 0 saturated carbocycles. The molecule has 2 heterocycles. The lowest BCUT2D eigenvalue weighted by molar-refractivity contribution is -0.122. The van der Waals surface area contributed by atoms with Gasteiger partial charge in [-0.25, -0.2) is 9.78 Å². The summed E-state index contributed by atoms with van der Waals surface area (Å²) in [6, 6.07) is 9.46.